The molecule has 0 radical (unpaired) electrons. The topological polar surface area (TPSA) is 66.4 Å². The first-order chi connectivity index (χ1) is 7.00. The highest BCUT2D eigenvalue weighted by Crippen LogP contribution is 2.22. The third-order valence-electron chi connectivity index (χ3n) is 1.63. The molecule has 0 unspecified atom stereocenters. The fourth-order valence-electron chi connectivity index (χ4n) is 0.908. The van der Waals surface area contributed by atoms with Gasteiger partial charge in [0.15, 0.2) is 0 Å². The van der Waals surface area contributed by atoms with Crippen LogP contribution in [0.1, 0.15) is 5.56 Å². The van der Waals surface area contributed by atoms with Crippen LogP contribution in [0.4, 0.5) is 0 Å². The second kappa shape index (κ2) is 5.00. The second-order valence-electron chi connectivity index (χ2n) is 2.74. The number of carbonyl (C=O) groups excluding carboxylic acids is 1. The molecule has 1 aromatic rings. The molecule has 0 heterocycles. The molecular formula is C9H7Cl2NO3. The molecule has 1 amide bonds. The summed E-state index contributed by atoms with van der Waals surface area (Å²) in [6.45, 7) is 0.0992. The Hall–Kier alpha value is -1.26. The van der Waals surface area contributed by atoms with Gasteiger partial charge in [-0.25, -0.2) is 4.79 Å². The van der Waals surface area contributed by atoms with Crippen molar-refractivity contribution in [3.8, 4) is 0 Å². The molecule has 80 valence electrons. The summed E-state index contributed by atoms with van der Waals surface area (Å²) in [5.74, 6) is -2.57. The van der Waals surface area contributed by atoms with Gasteiger partial charge < -0.3 is 10.4 Å². The van der Waals surface area contributed by atoms with E-state index in [2.05, 4.69) is 5.32 Å². The minimum absolute atomic E-state index is 0.0992. The predicted molar refractivity (Wildman–Crippen MR) is 55.9 cm³/mol. The Kier molecular flexibility index (Phi) is 3.94. The van der Waals surface area contributed by atoms with Crippen molar-refractivity contribution in [2.45, 2.75) is 6.54 Å². The lowest BCUT2D eigenvalue weighted by Crippen LogP contribution is -2.30. The van der Waals surface area contributed by atoms with E-state index in [0.29, 0.717) is 15.6 Å². The zero-order chi connectivity index (χ0) is 11.4. The lowest BCUT2D eigenvalue weighted by molar-refractivity contribution is -0.150. The first-order valence-electron chi connectivity index (χ1n) is 3.95. The molecule has 0 spiro atoms. The zero-order valence-corrected chi connectivity index (χ0v) is 8.97. The van der Waals surface area contributed by atoms with E-state index in [9.17, 15) is 9.59 Å². The van der Waals surface area contributed by atoms with Crippen LogP contribution in [0.3, 0.4) is 0 Å². The molecule has 0 saturated heterocycles. The van der Waals surface area contributed by atoms with Gasteiger partial charge in [-0.05, 0) is 17.7 Å². The molecule has 0 atom stereocenters. The molecule has 0 saturated carbocycles. The summed E-state index contributed by atoms with van der Waals surface area (Å²) < 4.78 is 0. The van der Waals surface area contributed by atoms with Crippen molar-refractivity contribution >= 4 is 35.1 Å². The monoisotopic (exact) mass is 247 g/mol. The maximum absolute atomic E-state index is 10.7. The quantitative estimate of drug-likeness (QED) is 0.782. The van der Waals surface area contributed by atoms with Crippen LogP contribution in [0.15, 0.2) is 18.2 Å². The van der Waals surface area contributed by atoms with Gasteiger partial charge in [0, 0.05) is 6.54 Å². The lowest BCUT2D eigenvalue weighted by Gasteiger charge is -2.03. The van der Waals surface area contributed by atoms with Gasteiger partial charge in [-0.15, -0.1) is 0 Å². The van der Waals surface area contributed by atoms with Crippen LogP contribution in [0, 0.1) is 0 Å². The number of carboxylic acid groups (broad SMARTS) is 1. The number of halogens is 2. The molecule has 0 bridgehead atoms. The Bertz CT molecular complexity index is 406. The van der Waals surface area contributed by atoms with Gasteiger partial charge in [0.1, 0.15) is 0 Å². The van der Waals surface area contributed by atoms with Crippen molar-refractivity contribution in [1.82, 2.24) is 5.32 Å². The van der Waals surface area contributed by atoms with Crippen LogP contribution in [0.2, 0.25) is 10.0 Å². The highest BCUT2D eigenvalue weighted by Gasteiger charge is 2.10. The Morgan fingerprint density at radius 2 is 1.93 bits per heavy atom. The number of hydrogen-bond donors (Lipinski definition) is 2. The normalized spacial score (nSPS) is 9.73. The minimum Gasteiger partial charge on any atom is -0.474 e. The average Bonchev–Trinajstić information content (AvgIpc) is 2.19. The van der Waals surface area contributed by atoms with Gasteiger partial charge in [-0.1, -0.05) is 29.3 Å². The van der Waals surface area contributed by atoms with Crippen molar-refractivity contribution in [2.24, 2.45) is 0 Å². The molecule has 0 fully saturated rings. The third kappa shape index (κ3) is 3.42. The number of carboxylic acids is 1. The largest absolute Gasteiger partial charge is 0.474 e. The minimum atomic E-state index is -1.52. The summed E-state index contributed by atoms with van der Waals surface area (Å²) in [7, 11) is 0. The van der Waals surface area contributed by atoms with Crippen LogP contribution in [0.25, 0.3) is 0 Å². The van der Waals surface area contributed by atoms with Crippen LogP contribution >= 0.6 is 23.2 Å². The molecule has 4 nitrogen and oxygen atoms in total. The Morgan fingerprint density at radius 3 is 2.47 bits per heavy atom. The zero-order valence-electron chi connectivity index (χ0n) is 7.46. The van der Waals surface area contributed by atoms with E-state index in [1.807, 2.05) is 0 Å². The van der Waals surface area contributed by atoms with Crippen LogP contribution < -0.4 is 5.32 Å². The van der Waals surface area contributed by atoms with Gasteiger partial charge in [-0.2, -0.15) is 0 Å². The van der Waals surface area contributed by atoms with Gasteiger partial charge in [0.25, 0.3) is 0 Å². The molecule has 0 aliphatic rings. The lowest BCUT2D eigenvalue weighted by atomic mass is 10.2. The summed E-state index contributed by atoms with van der Waals surface area (Å²) in [4.78, 5) is 20.9. The Morgan fingerprint density at radius 1 is 1.27 bits per heavy atom. The molecule has 15 heavy (non-hydrogen) atoms. The summed E-state index contributed by atoms with van der Waals surface area (Å²) in [5.41, 5.74) is 0.680. The van der Waals surface area contributed by atoms with Gasteiger partial charge in [-0.3, -0.25) is 4.79 Å². The smallest absolute Gasteiger partial charge is 0.394 e. The van der Waals surface area contributed by atoms with Crippen molar-refractivity contribution in [3.63, 3.8) is 0 Å². The SMILES string of the molecule is O=C(O)C(=O)NCc1ccc(Cl)c(Cl)c1. The van der Waals surface area contributed by atoms with E-state index < -0.39 is 11.9 Å². The van der Waals surface area contributed by atoms with E-state index in [1.165, 1.54) is 0 Å². The first-order valence-corrected chi connectivity index (χ1v) is 4.71. The number of aliphatic carboxylic acids is 1. The second-order valence-corrected chi connectivity index (χ2v) is 3.55. The fourth-order valence-corrected chi connectivity index (χ4v) is 1.23. The Labute approximate surface area is 95.8 Å². The van der Waals surface area contributed by atoms with E-state index >= 15 is 0 Å². The predicted octanol–water partition coefficient (Wildman–Crippen LogP) is 1.69. The summed E-state index contributed by atoms with van der Waals surface area (Å²) in [5, 5.41) is 11.3. The van der Waals surface area contributed by atoms with E-state index in [4.69, 9.17) is 28.3 Å². The Balaban J connectivity index is 2.62. The molecule has 2 N–H and O–H groups in total. The van der Waals surface area contributed by atoms with E-state index in [1.54, 1.807) is 18.2 Å². The highest BCUT2D eigenvalue weighted by molar-refractivity contribution is 6.42. The van der Waals surface area contributed by atoms with Gasteiger partial charge in [0.05, 0.1) is 10.0 Å². The number of carbonyl (C=O) groups is 2. The number of nitrogens with one attached hydrogen (secondary N) is 1. The van der Waals surface area contributed by atoms with Crippen molar-refractivity contribution in [3.05, 3.63) is 33.8 Å². The number of hydrogen-bond acceptors (Lipinski definition) is 2. The molecular weight excluding hydrogens is 241 g/mol. The number of amides is 1. The number of rotatable bonds is 2. The van der Waals surface area contributed by atoms with Crippen LogP contribution in [-0.2, 0) is 16.1 Å². The van der Waals surface area contributed by atoms with Crippen molar-refractivity contribution in [1.29, 1.82) is 0 Å². The van der Waals surface area contributed by atoms with E-state index in [-0.39, 0.29) is 6.54 Å². The molecule has 1 rings (SSSR count). The molecule has 1 aromatic carbocycles. The van der Waals surface area contributed by atoms with Gasteiger partial charge in [0.2, 0.25) is 0 Å². The highest BCUT2D eigenvalue weighted by atomic mass is 35.5. The van der Waals surface area contributed by atoms with Gasteiger partial charge >= 0.3 is 11.9 Å². The van der Waals surface area contributed by atoms with Crippen LogP contribution in [-0.4, -0.2) is 17.0 Å². The van der Waals surface area contributed by atoms with Crippen molar-refractivity contribution in [2.75, 3.05) is 0 Å². The fraction of sp³-hybridized carbons (Fsp3) is 0.111. The van der Waals surface area contributed by atoms with E-state index in [0.717, 1.165) is 0 Å². The van der Waals surface area contributed by atoms with Crippen molar-refractivity contribution < 1.29 is 14.7 Å². The maximum Gasteiger partial charge on any atom is 0.394 e. The summed E-state index contributed by atoms with van der Waals surface area (Å²) in [6, 6.07) is 4.79. The maximum atomic E-state index is 10.7. The summed E-state index contributed by atoms with van der Waals surface area (Å²) in [6.07, 6.45) is 0. The molecule has 6 heteroatoms. The van der Waals surface area contributed by atoms with Crippen LogP contribution in [0.5, 0.6) is 0 Å². The standard InChI is InChI=1S/C9H7Cl2NO3/c10-6-2-1-5(3-7(6)11)4-12-8(13)9(14)15/h1-3H,4H2,(H,12,13)(H,14,15). The summed E-state index contributed by atoms with van der Waals surface area (Å²) >= 11 is 11.4. The first kappa shape index (κ1) is 11.8. The molecule has 0 aliphatic heterocycles. The average molecular weight is 248 g/mol. The molecule has 0 aromatic heterocycles. The molecule has 0 aliphatic carbocycles. The number of benzene rings is 1. The third-order valence-corrected chi connectivity index (χ3v) is 2.37.